The van der Waals surface area contributed by atoms with Crippen LogP contribution in [-0.4, -0.2) is 44.1 Å². The third-order valence-corrected chi connectivity index (χ3v) is 2.99. The first kappa shape index (κ1) is 11.3. The summed E-state index contributed by atoms with van der Waals surface area (Å²) in [6, 6.07) is 0. The molecule has 1 aliphatic carbocycles. The monoisotopic (exact) mass is 205 g/mol. The highest BCUT2D eigenvalue weighted by molar-refractivity contribution is 6.21. The molecule has 0 heterocycles. The van der Waals surface area contributed by atoms with Crippen molar-refractivity contribution in [3.8, 4) is 0 Å². The molecule has 0 atom stereocenters. The Labute approximate surface area is 86.2 Å². The summed E-state index contributed by atoms with van der Waals surface area (Å²) in [5.41, 5.74) is 0. The Morgan fingerprint density at radius 1 is 1.46 bits per heavy atom. The van der Waals surface area contributed by atoms with Gasteiger partial charge in [-0.2, -0.15) is 0 Å². The molecule has 0 radical (unpaired) electrons. The maximum atomic E-state index is 5.92. The summed E-state index contributed by atoms with van der Waals surface area (Å²) in [7, 11) is 3.93. The van der Waals surface area contributed by atoms with E-state index in [1.165, 1.54) is 19.4 Å². The number of rotatable bonds is 6. The number of alkyl halides is 1. The first-order valence-electron chi connectivity index (χ1n) is 5.04. The van der Waals surface area contributed by atoms with Gasteiger partial charge in [0, 0.05) is 32.2 Å². The van der Waals surface area contributed by atoms with Gasteiger partial charge in [-0.05, 0) is 32.2 Å². The van der Waals surface area contributed by atoms with Crippen molar-refractivity contribution in [1.29, 1.82) is 0 Å². The number of ether oxygens (including phenoxy) is 1. The minimum absolute atomic E-state index is 0.456. The molecule has 0 aliphatic heterocycles. The molecule has 0 saturated heterocycles. The van der Waals surface area contributed by atoms with Crippen molar-refractivity contribution in [2.45, 2.75) is 24.6 Å². The molecule has 0 aromatic rings. The maximum absolute atomic E-state index is 5.92. The Morgan fingerprint density at radius 3 is 2.69 bits per heavy atom. The number of hydrogen-bond acceptors (Lipinski definition) is 2. The Bertz CT molecular complexity index is 137. The maximum Gasteiger partial charge on any atom is 0.0474 e. The van der Waals surface area contributed by atoms with Gasteiger partial charge >= 0.3 is 0 Å². The predicted molar refractivity (Wildman–Crippen MR) is 56.4 cm³/mol. The van der Waals surface area contributed by atoms with E-state index >= 15 is 0 Å². The van der Waals surface area contributed by atoms with Gasteiger partial charge in [0.25, 0.3) is 0 Å². The summed E-state index contributed by atoms with van der Waals surface area (Å²) in [5.74, 6) is 0.843. The molecule has 0 aromatic heterocycles. The number of methoxy groups -OCH3 is 1. The summed E-state index contributed by atoms with van der Waals surface area (Å²) in [6.45, 7) is 3.21. The van der Waals surface area contributed by atoms with Crippen molar-refractivity contribution in [2.75, 3.05) is 33.9 Å². The summed E-state index contributed by atoms with van der Waals surface area (Å²) >= 11 is 5.92. The van der Waals surface area contributed by atoms with Gasteiger partial charge in [-0.25, -0.2) is 0 Å². The van der Waals surface area contributed by atoms with Crippen molar-refractivity contribution in [1.82, 2.24) is 4.90 Å². The molecular formula is C10H20ClNO. The van der Waals surface area contributed by atoms with Crippen molar-refractivity contribution in [2.24, 2.45) is 5.92 Å². The SMILES string of the molecule is COCCCN(C)CC1CC(Cl)C1. The lowest BCUT2D eigenvalue weighted by Gasteiger charge is -2.34. The lowest BCUT2D eigenvalue weighted by molar-refractivity contribution is 0.162. The van der Waals surface area contributed by atoms with E-state index in [0.717, 1.165) is 25.5 Å². The molecule has 1 aliphatic rings. The first-order chi connectivity index (χ1) is 6.22. The van der Waals surface area contributed by atoms with Crippen LogP contribution in [0.1, 0.15) is 19.3 Å². The molecule has 1 fully saturated rings. The molecule has 2 nitrogen and oxygen atoms in total. The minimum Gasteiger partial charge on any atom is -0.385 e. The lowest BCUT2D eigenvalue weighted by Crippen LogP contribution is -2.35. The quantitative estimate of drug-likeness (QED) is 0.486. The fraction of sp³-hybridized carbons (Fsp3) is 1.00. The number of nitrogens with zero attached hydrogens (tertiary/aromatic N) is 1. The predicted octanol–water partition coefficient (Wildman–Crippen LogP) is 1.97. The van der Waals surface area contributed by atoms with Crippen LogP contribution >= 0.6 is 11.6 Å². The van der Waals surface area contributed by atoms with Gasteiger partial charge in [0.15, 0.2) is 0 Å². The zero-order valence-corrected chi connectivity index (χ0v) is 9.39. The van der Waals surface area contributed by atoms with Gasteiger partial charge in [-0.15, -0.1) is 11.6 Å². The zero-order valence-electron chi connectivity index (χ0n) is 8.63. The molecule has 0 spiro atoms. The van der Waals surface area contributed by atoms with Gasteiger partial charge in [-0.3, -0.25) is 0 Å². The standard InChI is InChI=1S/C10H20ClNO/c1-12(4-3-5-13-2)8-9-6-10(11)7-9/h9-10H,3-8H2,1-2H3. The van der Waals surface area contributed by atoms with Gasteiger partial charge in [-0.1, -0.05) is 0 Å². The highest BCUT2D eigenvalue weighted by Gasteiger charge is 2.27. The van der Waals surface area contributed by atoms with Crippen LogP contribution in [0.4, 0.5) is 0 Å². The Kier molecular flexibility index (Phi) is 5.07. The van der Waals surface area contributed by atoms with E-state index < -0.39 is 0 Å². The van der Waals surface area contributed by atoms with Crippen LogP contribution in [-0.2, 0) is 4.74 Å². The fourth-order valence-corrected chi connectivity index (χ4v) is 2.32. The highest BCUT2D eigenvalue weighted by Crippen LogP contribution is 2.32. The third-order valence-electron chi connectivity index (χ3n) is 2.64. The second kappa shape index (κ2) is 5.84. The summed E-state index contributed by atoms with van der Waals surface area (Å²) in [5, 5.41) is 0.456. The first-order valence-corrected chi connectivity index (χ1v) is 5.47. The smallest absolute Gasteiger partial charge is 0.0474 e. The van der Waals surface area contributed by atoms with Crippen molar-refractivity contribution < 1.29 is 4.74 Å². The third kappa shape index (κ3) is 4.30. The Hall–Kier alpha value is 0.210. The van der Waals surface area contributed by atoms with E-state index in [2.05, 4.69) is 11.9 Å². The van der Waals surface area contributed by atoms with Crippen LogP contribution in [0.5, 0.6) is 0 Å². The molecule has 0 N–H and O–H groups in total. The largest absolute Gasteiger partial charge is 0.385 e. The normalized spacial score (nSPS) is 27.7. The molecular weight excluding hydrogens is 186 g/mol. The minimum atomic E-state index is 0.456. The van der Waals surface area contributed by atoms with Crippen molar-refractivity contribution in [3.63, 3.8) is 0 Å². The molecule has 13 heavy (non-hydrogen) atoms. The zero-order chi connectivity index (χ0) is 9.68. The summed E-state index contributed by atoms with van der Waals surface area (Å²) in [4.78, 5) is 2.38. The van der Waals surface area contributed by atoms with Crippen molar-refractivity contribution >= 4 is 11.6 Å². The van der Waals surface area contributed by atoms with Crippen LogP contribution in [0.25, 0.3) is 0 Å². The lowest BCUT2D eigenvalue weighted by atomic mass is 9.84. The van der Waals surface area contributed by atoms with Gasteiger partial charge < -0.3 is 9.64 Å². The van der Waals surface area contributed by atoms with E-state index in [1.807, 2.05) is 0 Å². The molecule has 3 heteroatoms. The van der Waals surface area contributed by atoms with E-state index in [0.29, 0.717) is 5.38 Å². The van der Waals surface area contributed by atoms with Gasteiger partial charge in [0.05, 0.1) is 0 Å². The second-order valence-corrected chi connectivity index (χ2v) is 4.66. The van der Waals surface area contributed by atoms with E-state index in [1.54, 1.807) is 7.11 Å². The average Bonchev–Trinajstić information content (AvgIpc) is 2.02. The summed E-state index contributed by atoms with van der Waals surface area (Å²) in [6.07, 6.45) is 3.54. The van der Waals surface area contributed by atoms with Gasteiger partial charge in [0.1, 0.15) is 0 Å². The molecule has 0 bridgehead atoms. The highest BCUT2D eigenvalue weighted by atomic mass is 35.5. The molecule has 1 rings (SSSR count). The molecule has 0 unspecified atom stereocenters. The number of hydrogen-bond donors (Lipinski definition) is 0. The van der Waals surface area contributed by atoms with Gasteiger partial charge in [0.2, 0.25) is 0 Å². The van der Waals surface area contributed by atoms with Crippen LogP contribution in [0.2, 0.25) is 0 Å². The molecule has 0 aromatic carbocycles. The molecule has 1 saturated carbocycles. The Morgan fingerprint density at radius 2 is 2.15 bits per heavy atom. The Balaban J connectivity index is 1.95. The van der Waals surface area contributed by atoms with E-state index in [9.17, 15) is 0 Å². The van der Waals surface area contributed by atoms with Crippen LogP contribution in [0, 0.1) is 5.92 Å². The van der Waals surface area contributed by atoms with Crippen LogP contribution in [0.15, 0.2) is 0 Å². The molecule has 0 amide bonds. The summed E-state index contributed by atoms with van der Waals surface area (Å²) < 4.78 is 5.01. The molecule has 78 valence electrons. The van der Waals surface area contributed by atoms with E-state index in [4.69, 9.17) is 16.3 Å². The van der Waals surface area contributed by atoms with E-state index in [-0.39, 0.29) is 0 Å². The fourth-order valence-electron chi connectivity index (χ4n) is 1.81. The topological polar surface area (TPSA) is 12.5 Å². The van der Waals surface area contributed by atoms with Crippen LogP contribution in [0.3, 0.4) is 0 Å². The van der Waals surface area contributed by atoms with Crippen molar-refractivity contribution in [3.05, 3.63) is 0 Å². The van der Waals surface area contributed by atoms with Crippen LogP contribution < -0.4 is 0 Å². The second-order valence-electron chi connectivity index (χ2n) is 4.04. The number of halogens is 1. The average molecular weight is 206 g/mol.